The van der Waals surface area contributed by atoms with Crippen molar-refractivity contribution in [3.05, 3.63) is 12.2 Å². The van der Waals surface area contributed by atoms with E-state index in [2.05, 4.69) is 48.1 Å². The molecule has 0 spiro atoms. The van der Waals surface area contributed by atoms with Gasteiger partial charge in [0.15, 0.2) is 27.1 Å². The molecule has 0 aromatic rings. The minimum Gasteiger partial charge on any atom is -0.478 e. The third-order valence-electron chi connectivity index (χ3n) is 5.03. The molecule has 0 aliphatic rings. The lowest BCUT2D eigenvalue weighted by molar-refractivity contribution is -0.132. The molecule has 0 saturated heterocycles. The highest BCUT2D eigenvalue weighted by atomic mass is 28.5. The van der Waals surface area contributed by atoms with Gasteiger partial charge in [-0.1, -0.05) is 48.1 Å². The fourth-order valence-electron chi connectivity index (χ4n) is 3.01. The molecule has 0 fully saturated rings. The van der Waals surface area contributed by atoms with Crippen LogP contribution in [0.5, 0.6) is 0 Å². The molecule has 0 rings (SSSR count). The molecule has 5 nitrogen and oxygen atoms in total. The van der Waals surface area contributed by atoms with E-state index in [0.717, 1.165) is 48.7 Å². The van der Waals surface area contributed by atoms with Gasteiger partial charge in [-0.3, -0.25) is 0 Å². The first-order valence-corrected chi connectivity index (χ1v) is 19.0. The predicted octanol–water partition coefficient (Wildman–Crippen LogP) is 4.69. The van der Waals surface area contributed by atoms with Gasteiger partial charge in [-0.05, 0) is 49.1 Å². The molecule has 0 aromatic carbocycles. The number of hydrogen-bond donors (Lipinski definition) is 1. The largest absolute Gasteiger partial charge is 0.478 e. The topological polar surface area (TPSA) is 65.0 Å². The standard InChI is InChI=1S/C18H42O5Si4/c1-8-24(9-2)21-27(22-25(10-3)11-4,23-26(12-5)13-6)16-14-15-17(7)18(19)20/h24-26H,7-16H2,1-6H3,(H,19,20). The maximum atomic E-state index is 11.1. The Balaban J connectivity index is 5.57. The predicted molar refractivity (Wildman–Crippen MR) is 124 cm³/mol. The highest BCUT2D eigenvalue weighted by Crippen LogP contribution is 2.27. The van der Waals surface area contributed by atoms with Gasteiger partial charge in [0, 0.05) is 11.6 Å². The van der Waals surface area contributed by atoms with Crippen LogP contribution in [0, 0.1) is 0 Å². The number of aliphatic carboxylic acids is 1. The van der Waals surface area contributed by atoms with Gasteiger partial charge >= 0.3 is 14.8 Å². The number of carboxylic acids is 1. The van der Waals surface area contributed by atoms with E-state index >= 15 is 0 Å². The molecule has 27 heavy (non-hydrogen) atoms. The number of carboxylic acid groups (broad SMARTS) is 1. The zero-order chi connectivity index (χ0) is 20.9. The van der Waals surface area contributed by atoms with E-state index in [0.29, 0.717) is 6.42 Å². The molecule has 0 heterocycles. The van der Waals surface area contributed by atoms with Crippen molar-refractivity contribution in [1.29, 1.82) is 0 Å². The Morgan fingerprint density at radius 1 is 0.815 bits per heavy atom. The zero-order valence-corrected chi connectivity index (χ0v) is 22.8. The van der Waals surface area contributed by atoms with Gasteiger partial charge in [-0.15, -0.1) is 0 Å². The van der Waals surface area contributed by atoms with Crippen LogP contribution in [0.2, 0.25) is 42.3 Å². The Labute approximate surface area is 173 Å². The average Bonchev–Trinajstić information content (AvgIpc) is 2.68. The zero-order valence-electron chi connectivity index (χ0n) is 18.4. The summed E-state index contributed by atoms with van der Waals surface area (Å²) in [6, 6.07) is 7.20. The third-order valence-corrected chi connectivity index (χ3v) is 19.8. The quantitative estimate of drug-likeness (QED) is 0.257. The molecule has 9 heteroatoms. The maximum Gasteiger partial charge on any atom is 0.469 e. The second-order valence-corrected chi connectivity index (χ2v) is 20.4. The Kier molecular flexibility index (Phi) is 14.9. The van der Waals surface area contributed by atoms with Gasteiger partial charge in [-0.25, -0.2) is 4.79 Å². The summed E-state index contributed by atoms with van der Waals surface area (Å²) >= 11 is 0. The monoisotopic (exact) mass is 450 g/mol. The molecular formula is C18H42O5Si4. The summed E-state index contributed by atoms with van der Waals surface area (Å²) < 4.78 is 20.3. The lowest BCUT2D eigenvalue weighted by Gasteiger charge is -2.38. The van der Waals surface area contributed by atoms with Crippen molar-refractivity contribution in [2.45, 2.75) is 96.7 Å². The molecule has 0 aromatic heterocycles. The van der Waals surface area contributed by atoms with Crippen LogP contribution < -0.4 is 0 Å². The van der Waals surface area contributed by atoms with Crippen molar-refractivity contribution in [3.8, 4) is 0 Å². The lowest BCUT2D eigenvalue weighted by atomic mass is 10.2. The molecule has 0 saturated carbocycles. The van der Waals surface area contributed by atoms with Crippen LogP contribution >= 0.6 is 0 Å². The van der Waals surface area contributed by atoms with Crippen LogP contribution in [0.1, 0.15) is 54.4 Å². The van der Waals surface area contributed by atoms with E-state index in [1.54, 1.807) is 0 Å². The second kappa shape index (κ2) is 14.9. The van der Waals surface area contributed by atoms with E-state index in [1.165, 1.54) is 0 Å². The van der Waals surface area contributed by atoms with Gasteiger partial charge in [0.25, 0.3) is 0 Å². The van der Waals surface area contributed by atoms with Crippen molar-refractivity contribution < 1.29 is 22.2 Å². The van der Waals surface area contributed by atoms with Crippen molar-refractivity contribution in [1.82, 2.24) is 0 Å². The molecule has 160 valence electrons. The summed E-state index contributed by atoms with van der Waals surface area (Å²) in [5, 5.41) is 9.11. The van der Waals surface area contributed by atoms with E-state index in [1.807, 2.05) is 0 Å². The number of hydrogen-bond acceptors (Lipinski definition) is 4. The van der Waals surface area contributed by atoms with Gasteiger partial charge in [-0.2, -0.15) is 0 Å². The van der Waals surface area contributed by atoms with Crippen molar-refractivity contribution in [2.75, 3.05) is 0 Å². The van der Waals surface area contributed by atoms with Gasteiger partial charge in [0.05, 0.1) is 0 Å². The second-order valence-electron chi connectivity index (χ2n) is 7.11. The highest BCUT2D eigenvalue weighted by Gasteiger charge is 2.44. The van der Waals surface area contributed by atoms with Gasteiger partial charge in [0.1, 0.15) is 0 Å². The fraction of sp³-hybridized carbons (Fsp3) is 0.833. The minimum atomic E-state index is -2.76. The van der Waals surface area contributed by atoms with Crippen LogP contribution in [-0.4, -0.2) is 47.0 Å². The first-order valence-electron chi connectivity index (χ1n) is 10.8. The van der Waals surface area contributed by atoms with Gasteiger partial charge < -0.3 is 17.5 Å². The summed E-state index contributed by atoms with van der Waals surface area (Å²) in [6.07, 6.45) is 1.19. The molecule has 0 bridgehead atoms. The maximum absolute atomic E-state index is 11.1. The normalized spacial score (nSPS) is 12.3. The van der Waals surface area contributed by atoms with E-state index in [4.69, 9.17) is 17.5 Å². The summed E-state index contributed by atoms with van der Waals surface area (Å²) in [7, 11) is -6.81. The molecule has 0 radical (unpaired) electrons. The number of rotatable bonds is 17. The van der Waals surface area contributed by atoms with Crippen LogP contribution in [0.3, 0.4) is 0 Å². The lowest BCUT2D eigenvalue weighted by Crippen LogP contribution is -2.55. The first-order chi connectivity index (χ1) is 12.8. The van der Waals surface area contributed by atoms with Crippen LogP contribution in [0.4, 0.5) is 0 Å². The molecule has 0 amide bonds. The molecule has 0 aliphatic heterocycles. The summed E-state index contributed by atoms with van der Waals surface area (Å²) in [5.74, 6) is -0.914. The SMILES string of the molecule is C=C(CCC[Si](O[SiH](CC)CC)(O[SiH](CC)CC)O[SiH](CC)CC)C(=O)O. The summed E-state index contributed by atoms with van der Waals surface area (Å²) in [6.45, 7) is 16.9. The molecule has 0 aliphatic carbocycles. The molecule has 0 unspecified atom stereocenters. The Morgan fingerprint density at radius 2 is 1.15 bits per heavy atom. The smallest absolute Gasteiger partial charge is 0.469 e. The van der Waals surface area contributed by atoms with Gasteiger partial charge in [0.2, 0.25) is 0 Å². The number of carbonyl (C=O) groups is 1. The van der Waals surface area contributed by atoms with Crippen molar-refractivity contribution >= 4 is 41.9 Å². The minimum absolute atomic E-state index is 0.261. The van der Waals surface area contributed by atoms with Crippen LogP contribution in [0.25, 0.3) is 0 Å². The van der Waals surface area contributed by atoms with Crippen molar-refractivity contribution in [3.63, 3.8) is 0 Å². The fourth-order valence-corrected chi connectivity index (χ4v) is 19.0. The summed E-state index contributed by atoms with van der Waals surface area (Å²) in [5.41, 5.74) is 0.261. The highest BCUT2D eigenvalue weighted by molar-refractivity contribution is 6.81. The average molecular weight is 451 g/mol. The van der Waals surface area contributed by atoms with Crippen LogP contribution in [-0.2, 0) is 17.1 Å². The Morgan fingerprint density at radius 3 is 1.41 bits per heavy atom. The van der Waals surface area contributed by atoms with Crippen molar-refractivity contribution in [2.24, 2.45) is 0 Å². The third kappa shape index (κ3) is 10.3. The van der Waals surface area contributed by atoms with E-state index in [-0.39, 0.29) is 5.57 Å². The molecular weight excluding hydrogens is 409 g/mol. The first kappa shape index (κ1) is 27.0. The summed E-state index contributed by atoms with van der Waals surface area (Å²) in [4.78, 5) is 11.1. The Bertz CT molecular complexity index is 388. The van der Waals surface area contributed by atoms with Crippen LogP contribution in [0.15, 0.2) is 12.2 Å². The molecule has 1 N–H and O–H groups in total. The van der Waals surface area contributed by atoms with E-state index < -0.39 is 41.9 Å². The van der Waals surface area contributed by atoms with E-state index in [9.17, 15) is 4.79 Å². The molecule has 0 atom stereocenters. The Hall–Kier alpha value is -0.0425.